The summed E-state index contributed by atoms with van der Waals surface area (Å²) in [6.45, 7) is 4.57. The summed E-state index contributed by atoms with van der Waals surface area (Å²) >= 11 is 0. The third-order valence-electron chi connectivity index (χ3n) is 4.30. The smallest absolute Gasteiger partial charge is 0.122 e. The molecule has 0 saturated carbocycles. The Morgan fingerprint density at radius 2 is 2.12 bits per heavy atom. The maximum atomic E-state index is 5.43. The summed E-state index contributed by atoms with van der Waals surface area (Å²) in [5.74, 6) is 1.05. The summed E-state index contributed by atoms with van der Waals surface area (Å²) in [4.78, 5) is 2.66. The lowest BCUT2D eigenvalue weighted by Gasteiger charge is -2.40. The highest BCUT2D eigenvalue weighted by molar-refractivity contribution is 5.43. The Hall–Kier alpha value is -1.02. The van der Waals surface area contributed by atoms with Crippen LogP contribution in [-0.2, 0) is 13.0 Å². The summed E-state index contributed by atoms with van der Waals surface area (Å²) in [6.07, 6.45) is 5.36. The van der Waals surface area contributed by atoms with Gasteiger partial charge in [0.2, 0.25) is 0 Å². The number of nitrogens with zero attached hydrogens (tertiary/aromatic N) is 1. The van der Waals surface area contributed by atoms with Gasteiger partial charge in [-0.1, -0.05) is 12.5 Å². The van der Waals surface area contributed by atoms with Gasteiger partial charge in [0.05, 0.1) is 7.11 Å². The molecule has 2 aliphatic rings. The summed E-state index contributed by atoms with van der Waals surface area (Å²) in [5, 5.41) is 0. The molecule has 0 aliphatic carbocycles. The van der Waals surface area contributed by atoms with Crippen molar-refractivity contribution in [3.8, 4) is 5.75 Å². The van der Waals surface area contributed by atoms with Gasteiger partial charge in [0, 0.05) is 12.6 Å². The van der Waals surface area contributed by atoms with Crippen LogP contribution in [0.15, 0.2) is 12.1 Å². The van der Waals surface area contributed by atoms with E-state index < -0.39 is 0 Å². The molecule has 2 nitrogen and oxygen atoms in total. The first-order valence-corrected chi connectivity index (χ1v) is 6.68. The summed E-state index contributed by atoms with van der Waals surface area (Å²) in [7, 11) is 1.77. The zero-order chi connectivity index (χ0) is 11.8. The Balaban J connectivity index is 1.94. The van der Waals surface area contributed by atoms with Crippen LogP contribution in [0.2, 0.25) is 0 Å². The van der Waals surface area contributed by atoms with Crippen LogP contribution < -0.4 is 4.74 Å². The van der Waals surface area contributed by atoms with Gasteiger partial charge in [0.15, 0.2) is 0 Å². The number of fused-ring (bicyclic) bond motifs is 2. The van der Waals surface area contributed by atoms with Gasteiger partial charge in [0.25, 0.3) is 0 Å². The molecule has 0 spiro atoms. The fourth-order valence-electron chi connectivity index (χ4n) is 3.32. The number of ether oxygens (including phenoxy) is 1. The number of aryl methyl sites for hydroxylation is 1. The zero-order valence-corrected chi connectivity index (χ0v) is 10.8. The van der Waals surface area contributed by atoms with Crippen LogP contribution in [0.4, 0.5) is 0 Å². The topological polar surface area (TPSA) is 12.5 Å². The van der Waals surface area contributed by atoms with Crippen molar-refractivity contribution < 1.29 is 4.74 Å². The fourth-order valence-corrected chi connectivity index (χ4v) is 3.32. The lowest BCUT2D eigenvalue weighted by Crippen LogP contribution is -2.43. The molecule has 1 aromatic rings. The number of benzene rings is 1. The van der Waals surface area contributed by atoms with E-state index in [1.165, 1.54) is 48.9 Å². The van der Waals surface area contributed by atoms with Crippen molar-refractivity contribution in [3.05, 3.63) is 28.8 Å². The van der Waals surface area contributed by atoms with Crippen LogP contribution in [0.5, 0.6) is 5.75 Å². The van der Waals surface area contributed by atoms with Gasteiger partial charge in [-0.05, 0) is 55.5 Å². The molecule has 1 atom stereocenters. The second-order valence-corrected chi connectivity index (χ2v) is 5.41. The van der Waals surface area contributed by atoms with Gasteiger partial charge in [-0.15, -0.1) is 0 Å². The van der Waals surface area contributed by atoms with E-state index in [1.54, 1.807) is 7.11 Å². The molecule has 1 fully saturated rings. The molecule has 1 aromatic carbocycles. The Morgan fingerprint density at radius 3 is 2.94 bits per heavy atom. The van der Waals surface area contributed by atoms with Crippen molar-refractivity contribution >= 4 is 0 Å². The Kier molecular flexibility index (Phi) is 2.83. The summed E-state index contributed by atoms with van der Waals surface area (Å²) in [5.41, 5.74) is 4.29. The fraction of sp³-hybridized carbons (Fsp3) is 0.600. The van der Waals surface area contributed by atoms with E-state index in [0.717, 1.165) is 18.3 Å². The quantitative estimate of drug-likeness (QED) is 0.737. The molecule has 92 valence electrons. The molecule has 2 heterocycles. The molecule has 0 radical (unpaired) electrons. The summed E-state index contributed by atoms with van der Waals surface area (Å²) < 4.78 is 5.43. The standard InChI is InChI=1S/C15H21NO/c1-11-7-13-10-16-6-4-3-5-14(16)8-12(13)9-15(11)17-2/h7,9,14H,3-6,8,10H2,1-2H3. The molecule has 1 saturated heterocycles. The molecule has 17 heavy (non-hydrogen) atoms. The lowest BCUT2D eigenvalue weighted by atomic mass is 9.87. The molecular formula is C15H21NO. The van der Waals surface area contributed by atoms with E-state index >= 15 is 0 Å². The first-order valence-electron chi connectivity index (χ1n) is 6.68. The third-order valence-corrected chi connectivity index (χ3v) is 4.30. The first-order chi connectivity index (χ1) is 8.28. The van der Waals surface area contributed by atoms with Crippen molar-refractivity contribution in [1.29, 1.82) is 0 Å². The maximum Gasteiger partial charge on any atom is 0.122 e. The second-order valence-electron chi connectivity index (χ2n) is 5.41. The Labute approximate surface area is 104 Å². The minimum absolute atomic E-state index is 0.781. The van der Waals surface area contributed by atoms with Gasteiger partial charge < -0.3 is 4.74 Å². The van der Waals surface area contributed by atoms with E-state index in [4.69, 9.17) is 4.74 Å². The number of rotatable bonds is 1. The molecule has 3 rings (SSSR count). The van der Waals surface area contributed by atoms with Gasteiger partial charge >= 0.3 is 0 Å². The molecule has 0 amide bonds. The van der Waals surface area contributed by atoms with Gasteiger partial charge in [-0.25, -0.2) is 0 Å². The van der Waals surface area contributed by atoms with Crippen molar-refractivity contribution in [3.63, 3.8) is 0 Å². The SMILES string of the molecule is COc1cc2c(cc1C)CN1CCCCC1C2. The molecule has 1 unspecified atom stereocenters. The van der Waals surface area contributed by atoms with E-state index in [9.17, 15) is 0 Å². The van der Waals surface area contributed by atoms with Gasteiger partial charge in [-0.3, -0.25) is 4.90 Å². The van der Waals surface area contributed by atoms with Crippen LogP contribution in [0.25, 0.3) is 0 Å². The predicted molar refractivity (Wildman–Crippen MR) is 69.5 cm³/mol. The molecule has 0 aromatic heterocycles. The van der Waals surface area contributed by atoms with Crippen LogP contribution in [-0.4, -0.2) is 24.6 Å². The third kappa shape index (κ3) is 1.95. The highest BCUT2D eigenvalue weighted by atomic mass is 16.5. The van der Waals surface area contributed by atoms with Gasteiger partial charge in [-0.2, -0.15) is 0 Å². The zero-order valence-electron chi connectivity index (χ0n) is 10.8. The summed E-state index contributed by atoms with van der Waals surface area (Å²) in [6, 6.07) is 5.36. The average molecular weight is 231 g/mol. The van der Waals surface area contributed by atoms with Crippen molar-refractivity contribution in [1.82, 2.24) is 4.90 Å². The van der Waals surface area contributed by atoms with Crippen molar-refractivity contribution in [2.45, 2.75) is 45.2 Å². The van der Waals surface area contributed by atoms with Crippen LogP contribution in [0.3, 0.4) is 0 Å². The number of hydrogen-bond acceptors (Lipinski definition) is 2. The molecular weight excluding hydrogens is 210 g/mol. The van der Waals surface area contributed by atoms with E-state index in [0.29, 0.717) is 0 Å². The Bertz CT molecular complexity index is 427. The minimum Gasteiger partial charge on any atom is -0.496 e. The van der Waals surface area contributed by atoms with Gasteiger partial charge in [0.1, 0.15) is 5.75 Å². The lowest BCUT2D eigenvalue weighted by molar-refractivity contribution is 0.127. The monoisotopic (exact) mass is 231 g/mol. The highest BCUT2D eigenvalue weighted by Gasteiger charge is 2.28. The van der Waals surface area contributed by atoms with E-state index in [1.807, 2.05) is 0 Å². The largest absolute Gasteiger partial charge is 0.496 e. The van der Waals surface area contributed by atoms with Crippen molar-refractivity contribution in [2.75, 3.05) is 13.7 Å². The normalized spacial score (nSPS) is 24.0. The maximum absolute atomic E-state index is 5.43. The van der Waals surface area contributed by atoms with Crippen LogP contribution in [0.1, 0.15) is 36.0 Å². The van der Waals surface area contributed by atoms with E-state index in [-0.39, 0.29) is 0 Å². The number of hydrogen-bond donors (Lipinski definition) is 0. The minimum atomic E-state index is 0.781. The van der Waals surface area contributed by atoms with Crippen molar-refractivity contribution in [2.24, 2.45) is 0 Å². The molecule has 0 bridgehead atoms. The molecule has 0 N–H and O–H groups in total. The Morgan fingerprint density at radius 1 is 1.24 bits per heavy atom. The number of methoxy groups -OCH3 is 1. The van der Waals surface area contributed by atoms with E-state index in [2.05, 4.69) is 24.0 Å². The first kappa shape index (κ1) is 11.1. The van der Waals surface area contributed by atoms with Crippen LogP contribution in [0, 0.1) is 6.92 Å². The second kappa shape index (κ2) is 4.34. The van der Waals surface area contributed by atoms with Crippen LogP contribution >= 0.6 is 0 Å². The highest BCUT2D eigenvalue weighted by Crippen LogP contribution is 2.32. The predicted octanol–water partition coefficient (Wildman–Crippen LogP) is 2.91. The number of piperidine rings is 1. The average Bonchev–Trinajstić information content (AvgIpc) is 2.35. The molecule has 2 aliphatic heterocycles. The molecule has 2 heteroatoms.